The van der Waals surface area contributed by atoms with E-state index in [0.29, 0.717) is 25.9 Å². The molecule has 3 aromatic carbocycles. The molecule has 2 amide bonds. The van der Waals surface area contributed by atoms with Crippen molar-refractivity contribution in [2.45, 2.75) is 38.1 Å². The van der Waals surface area contributed by atoms with E-state index >= 15 is 0 Å². The van der Waals surface area contributed by atoms with Gasteiger partial charge < -0.3 is 15.0 Å². The molecule has 0 aromatic heterocycles. The van der Waals surface area contributed by atoms with Gasteiger partial charge in [0.05, 0.1) is 11.5 Å². The van der Waals surface area contributed by atoms with E-state index in [0.717, 1.165) is 22.6 Å². The van der Waals surface area contributed by atoms with E-state index in [1.165, 1.54) is 0 Å². The lowest BCUT2D eigenvalue weighted by molar-refractivity contribution is -0.135. The molecule has 33 heavy (non-hydrogen) atoms. The molecule has 1 aliphatic rings. The van der Waals surface area contributed by atoms with Crippen molar-refractivity contribution in [3.63, 3.8) is 0 Å². The van der Waals surface area contributed by atoms with Crippen molar-refractivity contribution < 1.29 is 14.3 Å². The van der Waals surface area contributed by atoms with E-state index < -0.39 is 5.41 Å². The van der Waals surface area contributed by atoms with Crippen LogP contribution >= 0.6 is 0 Å². The number of likely N-dealkylation sites (tertiary alicyclic amines) is 1. The Morgan fingerprint density at radius 1 is 0.848 bits per heavy atom. The Labute approximate surface area is 195 Å². The van der Waals surface area contributed by atoms with Gasteiger partial charge >= 0.3 is 0 Å². The number of carbonyl (C=O) groups is 2. The third-order valence-electron chi connectivity index (χ3n) is 6.53. The smallest absolute Gasteiger partial charge is 0.231 e. The minimum absolute atomic E-state index is 0.00835. The molecule has 0 radical (unpaired) electrons. The number of carbonyl (C=O) groups excluding carboxylic acids is 2. The molecule has 170 valence electrons. The zero-order valence-corrected chi connectivity index (χ0v) is 19.2. The zero-order chi connectivity index (χ0) is 23.3. The Balaban J connectivity index is 1.48. The van der Waals surface area contributed by atoms with Crippen LogP contribution in [0.4, 0.5) is 0 Å². The Kier molecular flexibility index (Phi) is 6.78. The summed E-state index contributed by atoms with van der Waals surface area (Å²) >= 11 is 0. The summed E-state index contributed by atoms with van der Waals surface area (Å²) in [6, 6.07) is 27.2. The first-order valence-corrected chi connectivity index (χ1v) is 11.4. The van der Waals surface area contributed by atoms with Crippen molar-refractivity contribution in [1.29, 1.82) is 0 Å². The molecular weight excluding hydrogens is 412 g/mol. The van der Waals surface area contributed by atoms with Crippen LogP contribution in [0.2, 0.25) is 0 Å². The Hall–Kier alpha value is -3.60. The molecule has 1 fully saturated rings. The topological polar surface area (TPSA) is 58.6 Å². The van der Waals surface area contributed by atoms with E-state index in [-0.39, 0.29) is 17.9 Å². The molecule has 5 heteroatoms. The van der Waals surface area contributed by atoms with Gasteiger partial charge in [-0.3, -0.25) is 9.59 Å². The van der Waals surface area contributed by atoms with E-state index in [4.69, 9.17) is 4.74 Å². The Morgan fingerprint density at radius 2 is 1.39 bits per heavy atom. The lowest BCUT2D eigenvalue weighted by atomic mass is 9.71. The second kappa shape index (κ2) is 9.90. The van der Waals surface area contributed by atoms with Gasteiger partial charge in [0.2, 0.25) is 11.8 Å². The molecule has 1 heterocycles. The van der Waals surface area contributed by atoms with Crippen molar-refractivity contribution in [2.24, 2.45) is 0 Å². The lowest BCUT2D eigenvalue weighted by Gasteiger charge is -2.41. The van der Waals surface area contributed by atoms with Crippen LogP contribution in [0.15, 0.2) is 84.9 Å². The van der Waals surface area contributed by atoms with Crippen LogP contribution in [0.1, 0.15) is 43.9 Å². The van der Waals surface area contributed by atoms with Gasteiger partial charge in [-0.15, -0.1) is 0 Å². The Bertz CT molecular complexity index is 1070. The van der Waals surface area contributed by atoms with Crippen molar-refractivity contribution >= 4 is 11.8 Å². The summed E-state index contributed by atoms with van der Waals surface area (Å²) in [4.78, 5) is 27.3. The van der Waals surface area contributed by atoms with Crippen LogP contribution in [0.5, 0.6) is 11.5 Å². The predicted octanol–water partition coefficient (Wildman–Crippen LogP) is 5.24. The number of hydrogen-bond acceptors (Lipinski definition) is 3. The van der Waals surface area contributed by atoms with E-state index in [9.17, 15) is 9.59 Å². The molecule has 5 nitrogen and oxygen atoms in total. The molecule has 3 aromatic rings. The van der Waals surface area contributed by atoms with Gasteiger partial charge in [-0.1, -0.05) is 60.7 Å². The molecule has 4 rings (SSSR count). The molecule has 0 bridgehead atoms. The van der Waals surface area contributed by atoms with Crippen molar-refractivity contribution in [2.75, 3.05) is 13.1 Å². The number of nitrogens with one attached hydrogen (secondary N) is 1. The molecule has 0 saturated carbocycles. The lowest BCUT2D eigenvalue weighted by Crippen LogP contribution is -2.52. The number of hydrogen-bond donors (Lipinski definition) is 1. The maximum absolute atomic E-state index is 13.6. The third-order valence-corrected chi connectivity index (χ3v) is 6.53. The van der Waals surface area contributed by atoms with Crippen LogP contribution < -0.4 is 10.1 Å². The maximum atomic E-state index is 13.6. The highest BCUT2D eigenvalue weighted by Gasteiger charge is 2.43. The maximum Gasteiger partial charge on any atom is 0.231 e. The van der Waals surface area contributed by atoms with Crippen LogP contribution in [0.3, 0.4) is 0 Å². The number of nitrogens with zero attached hydrogens (tertiary/aromatic N) is 1. The largest absolute Gasteiger partial charge is 0.457 e. The average Bonchev–Trinajstić information content (AvgIpc) is 2.85. The SMILES string of the molecule is CC(=O)N1CCC(C(=O)NC(C)c2ccc(Oc3ccccc3)cc2)(c2ccccc2)CC1. The first-order valence-electron chi connectivity index (χ1n) is 11.4. The summed E-state index contributed by atoms with van der Waals surface area (Å²) in [5, 5.41) is 3.24. The van der Waals surface area contributed by atoms with Crippen molar-refractivity contribution in [3.05, 3.63) is 96.1 Å². The first kappa shape index (κ1) is 22.6. The number of para-hydroxylation sites is 1. The highest BCUT2D eigenvalue weighted by Crippen LogP contribution is 2.37. The average molecular weight is 443 g/mol. The fourth-order valence-corrected chi connectivity index (χ4v) is 4.47. The summed E-state index contributed by atoms with van der Waals surface area (Å²) in [5.41, 5.74) is 1.37. The molecule has 1 saturated heterocycles. The summed E-state index contributed by atoms with van der Waals surface area (Å²) in [6.07, 6.45) is 1.22. The first-order chi connectivity index (χ1) is 16.0. The standard InChI is InChI=1S/C28H30N2O3/c1-21(23-13-15-26(16-14-23)33-25-11-7-4-8-12-25)29-27(32)28(24-9-5-3-6-10-24)17-19-30(20-18-28)22(2)31/h3-16,21H,17-20H2,1-2H3,(H,29,32). The van der Waals surface area contributed by atoms with Crippen LogP contribution in [-0.4, -0.2) is 29.8 Å². The summed E-state index contributed by atoms with van der Waals surface area (Å²) in [6.45, 7) is 4.74. The summed E-state index contributed by atoms with van der Waals surface area (Å²) in [5.74, 6) is 1.60. The molecule has 1 aliphatic heterocycles. The van der Waals surface area contributed by atoms with E-state index in [1.54, 1.807) is 6.92 Å². The second-order valence-electron chi connectivity index (χ2n) is 8.63. The molecule has 1 atom stereocenters. The van der Waals surface area contributed by atoms with Gasteiger partial charge in [0, 0.05) is 20.0 Å². The molecule has 1 unspecified atom stereocenters. The van der Waals surface area contributed by atoms with Gasteiger partial charge in [-0.05, 0) is 55.2 Å². The third kappa shape index (κ3) is 5.08. The Morgan fingerprint density at radius 3 is 1.97 bits per heavy atom. The number of amides is 2. The molecule has 1 N–H and O–H groups in total. The van der Waals surface area contributed by atoms with Gasteiger partial charge in [-0.25, -0.2) is 0 Å². The zero-order valence-electron chi connectivity index (χ0n) is 19.2. The molecule has 0 spiro atoms. The van der Waals surface area contributed by atoms with E-state index in [1.807, 2.05) is 96.8 Å². The van der Waals surface area contributed by atoms with Crippen LogP contribution in [0.25, 0.3) is 0 Å². The fraction of sp³-hybridized carbons (Fsp3) is 0.286. The highest BCUT2D eigenvalue weighted by molar-refractivity contribution is 5.89. The van der Waals surface area contributed by atoms with Gasteiger partial charge in [-0.2, -0.15) is 0 Å². The van der Waals surface area contributed by atoms with Crippen molar-refractivity contribution in [1.82, 2.24) is 10.2 Å². The molecule has 0 aliphatic carbocycles. The molecular formula is C28H30N2O3. The van der Waals surface area contributed by atoms with E-state index in [2.05, 4.69) is 5.32 Å². The second-order valence-corrected chi connectivity index (χ2v) is 8.63. The van der Waals surface area contributed by atoms with Crippen LogP contribution in [-0.2, 0) is 15.0 Å². The van der Waals surface area contributed by atoms with Crippen molar-refractivity contribution in [3.8, 4) is 11.5 Å². The summed E-state index contributed by atoms with van der Waals surface area (Å²) in [7, 11) is 0. The summed E-state index contributed by atoms with van der Waals surface area (Å²) < 4.78 is 5.87. The van der Waals surface area contributed by atoms with Crippen LogP contribution in [0, 0.1) is 0 Å². The fourth-order valence-electron chi connectivity index (χ4n) is 4.47. The predicted molar refractivity (Wildman–Crippen MR) is 129 cm³/mol. The minimum atomic E-state index is -0.641. The number of piperidine rings is 1. The minimum Gasteiger partial charge on any atom is -0.457 e. The van der Waals surface area contributed by atoms with Gasteiger partial charge in [0.1, 0.15) is 11.5 Å². The quantitative estimate of drug-likeness (QED) is 0.568. The van der Waals surface area contributed by atoms with Gasteiger partial charge in [0.25, 0.3) is 0 Å². The van der Waals surface area contributed by atoms with Gasteiger partial charge in [0.15, 0.2) is 0 Å². The highest BCUT2D eigenvalue weighted by atomic mass is 16.5. The normalized spacial score (nSPS) is 16.0. The number of benzene rings is 3. The number of ether oxygens (including phenoxy) is 1. The number of rotatable bonds is 6. The monoisotopic (exact) mass is 442 g/mol.